The summed E-state index contributed by atoms with van der Waals surface area (Å²) in [7, 11) is 0. The van der Waals surface area contributed by atoms with Gasteiger partial charge < -0.3 is 10.4 Å². The lowest BCUT2D eigenvalue weighted by molar-refractivity contribution is -0.131. The first kappa shape index (κ1) is 12.2. The van der Waals surface area contributed by atoms with Gasteiger partial charge in [0.15, 0.2) is 0 Å². The van der Waals surface area contributed by atoms with E-state index in [1.807, 2.05) is 0 Å². The van der Waals surface area contributed by atoms with E-state index in [2.05, 4.69) is 10.3 Å². The van der Waals surface area contributed by atoms with Gasteiger partial charge in [0, 0.05) is 17.8 Å². The van der Waals surface area contributed by atoms with Crippen molar-refractivity contribution < 1.29 is 14.7 Å². The molecule has 0 radical (unpaired) electrons. The number of amides is 1. The lowest BCUT2D eigenvalue weighted by atomic mass is 10.2. The molecule has 2 N–H and O–H groups in total. The van der Waals surface area contributed by atoms with Gasteiger partial charge in [-0.15, -0.1) is 0 Å². The van der Waals surface area contributed by atoms with Gasteiger partial charge in [-0.2, -0.15) is 0 Å². The third kappa shape index (κ3) is 3.70. The van der Waals surface area contributed by atoms with Crippen molar-refractivity contribution in [3.8, 4) is 0 Å². The normalized spacial score (nSPS) is 11.0. The molecule has 1 rings (SSSR count). The number of carboxylic acids is 1. The van der Waals surface area contributed by atoms with Crippen LogP contribution in [-0.4, -0.2) is 22.0 Å². The van der Waals surface area contributed by atoms with Crippen LogP contribution in [0.15, 0.2) is 30.0 Å². The SMILES string of the molecule is C/C(=C\C(=O)O)C(=O)Nc1ccc(Cl)cn1. The number of aromatic nitrogens is 1. The van der Waals surface area contributed by atoms with Crippen LogP contribution in [0.1, 0.15) is 6.92 Å². The molecule has 0 fully saturated rings. The van der Waals surface area contributed by atoms with Crippen molar-refractivity contribution in [2.45, 2.75) is 6.92 Å². The maximum Gasteiger partial charge on any atom is 0.328 e. The van der Waals surface area contributed by atoms with Crippen molar-refractivity contribution in [2.24, 2.45) is 0 Å². The molecule has 0 aliphatic carbocycles. The number of hydrogen-bond acceptors (Lipinski definition) is 3. The van der Waals surface area contributed by atoms with E-state index in [0.29, 0.717) is 10.8 Å². The van der Waals surface area contributed by atoms with Gasteiger partial charge in [0.1, 0.15) is 5.82 Å². The highest BCUT2D eigenvalue weighted by molar-refractivity contribution is 6.30. The zero-order chi connectivity index (χ0) is 12.1. The molecule has 0 unspecified atom stereocenters. The van der Waals surface area contributed by atoms with Crippen LogP contribution in [0.3, 0.4) is 0 Å². The van der Waals surface area contributed by atoms with Crippen LogP contribution in [0.2, 0.25) is 5.02 Å². The molecule has 0 spiro atoms. The minimum absolute atomic E-state index is 0.0873. The minimum Gasteiger partial charge on any atom is -0.478 e. The number of halogens is 1. The number of carboxylic acid groups (broad SMARTS) is 1. The van der Waals surface area contributed by atoms with Gasteiger partial charge in [-0.1, -0.05) is 11.6 Å². The van der Waals surface area contributed by atoms with Gasteiger partial charge in [-0.05, 0) is 19.1 Å². The van der Waals surface area contributed by atoms with Crippen molar-refractivity contribution in [2.75, 3.05) is 5.32 Å². The molecule has 0 bridgehead atoms. The number of pyridine rings is 1. The largest absolute Gasteiger partial charge is 0.478 e. The Morgan fingerprint density at radius 2 is 2.19 bits per heavy atom. The molecule has 1 heterocycles. The highest BCUT2D eigenvalue weighted by Gasteiger charge is 2.06. The Hall–Kier alpha value is -1.88. The first-order valence-electron chi connectivity index (χ1n) is 4.33. The number of nitrogens with zero attached hydrogens (tertiary/aromatic N) is 1. The van der Waals surface area contributed by atoms with E-state index in [-0.39, 0.29) is 5.57 Å². The van der Waals surface area contributed by atoms with Crippen LogP contribution in [-0.2, 0) is 9.59 Å². The molecule has 0 saturated carbocycles. The van der Waals surface area contributed by atoms with Crippen LogP contribution in [0.4, 0.5) is 5.82 Å². The Kier molecular flexibility index (Phi) is 4.02. The maximum absolute atomic E-state index is 11.4. The zero-order valence-corrected chi connectivity index (χ0v) is 9.15. The third-order valence-corrected chi connectivity index (χ3v) is 1.89. The monoisotopic (exact) mass is 240 g/mol. The molecule has 0 aromatic carbocycles. The summed E-state index contributed by atoms with van der Waals surface area (Å²) < 4.78 is 0. The standard InChI is InChI=1S/C10H9ClN2O3/c1-6(4-9(14)15)10(16)13-8-3-2-7(11)5-12-8/h2-5H,1H3,(H,14,15)(H,12,13,16)/b6-4+. The van der Waals surface area contributed by atoms with E-state index in [9.17, 15) is 9.59 Å². The molecule has 0 saturated heterocycles. The minimum atomic E-state index is -1.17. The van der Waals surface area contributed by atoms with Crippen LogP contribution in [0.5, 0.6) is 0 Å². The summed E-state index contributed by atoms with van der Waals surface area (Å²) in [5.74, 6) is -1.37. The van der Waals surface area contributed by atoms with E-state index in [1.54, 1.807) is 6.07 Å². The van der Waals surface area contributed by atoms with Crippen LogP contribution >= 0.6 is 11.6 Å². The van der Waals surface area contributed by atoms with Gasteiger partial charge in [-0.25, -0.2) is 9.78 Å². The van der Waals surface area contributed by atoms with E-state index in [0.717, 1.165) is 6.08 Å². The molecule has 1 aromatic rings. The fourth-order valence-electron chi connectivity index (χ4n) is 0.915. The van der Waals surface area contributed by atoms with Crippen molar-refractivity contribution in [3.05, 3.63) is 35.0 Å². The maximum atomic E-state index is 11.4. The fourth-order valence-corrected chi connectivity index (χ4v) is 1.03. The summed E-state index contributed by atoms with van der Waals surface area (Å²) in [5, 5.41) is 11.3. The van der Waals surface area contributed by atoms with Crippen LogP contribution in [0, 0.1) is 0 Å². The topological polar surface area (TPSA) is 79.3 Å². The van der Waals surface area contributed by atoms with Crippen molar-refractivity contribution >= 4 is 29.3 Å². The number of hydrogen-bond donors (Lipinski definition) is 2. The second-order valence-electron chi connectivity index (χ2n) is 2.98. The van der Waals surface area contributed by atoms with Gasteiger partial charge in [0.2, 0.25) is 0 Å². The Balaban J connectivity index is 2.71. The summed E-state index contributed by atoms with van der Waals surface area (Å²) in [5.41, 5.74) is 0.0873. The average molecular weight is 241 g/mol. The van der Waals surface area contributed by atoms with E-state index >= 15 is 0 Å². The Morgan fingerprint density at radius 1 is 1.50 bits per heavy atom. The molecule has 0 atom stereocenters. The lowest BCUT2D eigenvalue weighted by Crippen LogP contribution is -2.14. The molecule has 84 valence electrons. The van der Waals surface area contributed by atoms with Crippen LogP contribution < -0.4 is 5.32 Å². The second kappa shape index (κ2) is 5.27. The van der Waals surface area contributed by atoms with Crippen LogP contribution in [0.25, 0.3) is 0 Å². The first-order valence-corrected chi connectivity index (χ1v) is 4.71. The zero-order valence-electron chi connectivity index (χ0n) is 8.40. The fraction of sp³-hybridized carbons (Fsp3) is 0.100. The smallest absolute Gasteiger partial charge is 0.328 e. The van der Waals surface area contributed by atoms with Crippen molar-refractivity contribution in [1.29, 1.82) is 0 Å². The molecule has 0 aliphatic heterocycles. The Labute approximate surface area is 96.8 Å². The number of anilines is 1. The molecule has 0 aliphatic rings. The summed E-state index contributed by atoms with van der Waals surface area (Å²) in [6, 6.07) is 3.09. The first-order chi connectivity index (χ1) is 7.49. The quantitative estimate of drug-likeness (QED) is 0.789. The van der Waals surface area contributed by atoms with Crippen molar-refractivity contribution in [1.82, 2.24) is 4.98 Å². The predicted octanol–water partition coefficient (Wildman–Crippen LogP) is 1.70. The summed E-state index contributed by atoms with van der Waals surface area (Å²) >= 11 is 5.62. The molecule has 1 aromatic heterocycles. The summed E-state index contributed by atoms with van der Waals surface area (Å²) in [6.07, 6.45) is 2.21. The lowest BCUT2D eigenvalue weighted by Gasteiger charge is -2.03. The molecular formula is C10H9ClN2O3. The van der Waals surface area contributed by atoms with Crippen molar-refractivity contribution in [3.63, 3.8) is 0 Å². The third-order valence-electron chi connectivity index (χ3n) is 1.67. The second-order valence-corrected chi connectivity index (χ2v) is 3.42. The molecule has 1 amide bonds. The predicted molar refractivity (Wildman–Crippen MR) is 59.3 cm³/mol. The molecular weight excluding hydrogens is 232 g/mol. The molecule has 6 heteroatoms. The van der Waals surface area contributed by atoms with Gasteiger partial charge in [-0.3, -0.25) is 4.79 Å². The highest BCUT2D eigenvalue weighted by Crippen LogP contribution is 2.10. The number of rotatable bonds is 3. The Bertz CT molecular complexity index is 440. The Morgan fingerprint density at radius 3 is 2.69 bits per heavy atom. The highest BCUT2D eigenvalue weighted by atomic mass is 35.5. The number of aliphatic carboxylic acids is 1. The number of carbonyl (C=O) groups excluding carboxylic acids is 1. The van der Waals surface area contributed by atoms with Gasteiger partial charge in [0.05, 0.1) is 5.02 Å². The molecule has 16 heavy (non-hydrogen) atoms. The number of nitrogens with one attached hydrogen (secondary N) is 1. The number of carbonyl (C=O) groups is 2. The summed E-state index contributed by atoms with van der Waals surface area (Å²) in [6.45, 7) is 1.40. The average Bonchev–Trinajstić information content (AvgIpc) is 2.20. The van der Waals surface area contributed by atoms with E-state index < -0.39 is 11.9 Å². The molecule has 5 nitrogen and oxygen atoms in total. The summed E-state index contributed by atoms with van der Waals surface area (Å²) in [4.78, 5) is 25.6. The van der Waals surface area contributed by atoms with E-state index in [4.69, 9.17) is 16.7 Å². The van der Waals surface area contributed by atoms with Gasteiger partial charge in [0.25, 0.3) is 5.91 Å². The van der Waals surface area contributed by atoms with E-state index in [1.165, 1.54) is 19.2 Å². The van der Waals surface area contributed by atoms with Gasteiger partial charge >= 0.3 is 5.97 Å².